The van der Waals surface area contributed by atoms with Crippen molar-refractivity contribution in [3.63, 3.8) is 0 Å². The zero-order chi connectivity index (χ0) is 29.3. The van der Waals surface area contributed by atoms with Crippen molar-refractivity contribution in [2.24, 2.45) is 5.92 Å². The van der Waals surface area contributed by atoms with Crippen LogP contribution in [0.25, 0.3) is 0 Å². The first-order valence-corrected chi connectivity index (χ1v) is 14.5. The Labute approximate surface area is 234 Å². The van der Waals surface area contributed by atoms with Gasteiger partial charge in [0.1, 0.15) is 0 Å². The molecular formula is C32H41F6NO. The molecule has 0 amide bonds. The molecule has 2 nitrogen and oxygen atoms in total. The molecular weight excluding hydrogens is 528 g/mol. The van der Waals surface area contributed by atoms with Crippen LogP contribution in [-0.2, 0) is 23.6 Å². The van der Waals surface area contributed by atoms with E-state index in [2.05, 4.69) is 11.8 Å². The lowest BCUT2D eigenvalue weighted by Gasteiger charge is -2.32. The summed E-state index contributed by atoms with van der Waals surface area (Å²) in [6, 6.07) is 8.89. The van der Waals surface area contributed by atoms with Gasteiger partial charge in [-0.25, -0.2) is 0 Å². The van der Waals surface area contributed by atoms with Crippen LogP contribution in [0.5, 0.6) is 0 Å². The summed E-state index contributed by atoms with van der Waals surface area (Å²) >= 11 is 0. The van der Waals surface area contributed by atoms with E-state index in [-0.39, 0.29) is 36.7 Å². The summed E-state index contributed by atoms with van der Waals surface area (Å²) in [5, 5.41) is 0. The SMILES string of the molecule is CCCN(CCCC1CCCCC1)C(C(=O)CCCc1cc(C(F)(F)F)cc(C(F)(F)F)c1)c1ccccc1C. The standard InChI is InChI=1S/C32H41F6NO/c1-3-18-39(19-10-15-24-12-5-4-6-13-24)30(28-16-8-7-11-23(28)2)29(40)17-9-14-25-20-26(31(33,34)35)22-27(21-25)32(36,37)38/h7-8,11,16,20-22,24,30H,3-6,9-10,12-15,17-19H2,1-2H3. The van der Waals surface area contributed by atoms with Gasteiger partial charge in [-0.15, -0.1) is 0 Å². The second-order valence-corrected chi connectivity index (χ2v) is 11.2. The summed E-state index contributed by atoms with van der Waals surface area (Å²) in [5.74, 6) is 0.683. The van der Waals surface area contributed by atoms with Crippen molar-refractivity contribution in [1.29, 1.82) is 0 Å². The summed E-state index contributed by atoms with van der Waals surface area (Å²) in [6.45, 7) is 5.54. The molecule has 0 heterocycles. The van der Waals surface area contributed by atoms with Crippen LogP contribution < -0.4 is 0 Å². The number of benzene rings is 2. The Balaban J connectivity index is 1.75. The zero-order valence-corrected chi connectivity index (χ0v) is 23.5. The second kappa shape index (κ2) is 14.5. The number of hydrogen-bond donors (Lipinski definition) is 0. The van der Waals surface area contributed by atoms with Crippen LogP contribution in [0.1, 0.15) is 105 Å². The maximum Gasteiger partial charge on any atom is 0.416 e. The van der Waals surface area contributed by atoms with Gasteiger partial charge in [0.2, 0.25) is 0 Å². The first-order valence-electron chi connectivity index (χ1n) is 14.5. The first-order chi connectivity index (χ1) is 18.9. The third kappa shape index (κ3) is 9.35. The van der Waals surface area contributed by atoms with Crippen LogP contribution in [0.15, 0.2) is 42.5 Å². The fourth-order valence-electron chi connectivity index (χ4n) is 5.95. The van der Waals surface area contributed by atoms with Gasteiger partial charge in [-0.1, -0.05) is 63.3 Å². The minimum Gasteiger partial charge on any atom is -0.298 e. The molecule has 0 radical (unpaired) electrons. The number of Topliss-reactive ketones (excluding diaryl/α,β-unsaturated/α-hetero) is 1. The maximum absolute atomic E-state index is 13.7. The van der Waals surface area contributed by atoms with E-state index >= 15 is 0 Å². The van der Waals surface area contributed by atoms with Crippen LogP contribution in [0, 0.1) is 12.8 Å². The number of hydrogen-bond acceptors (Lipinski definition) is 2. The van der Waals surface area contributed by atoms with Crippen molar-refractivity contribution in [3.8, 4) is 0 Å². The minimum absolute atomic E-state index is 0.0469. The Kier molecular flexibility index (Phi) is 11.7. The number of aryl methyl sites for hydroxylation is 2. The topological polar surface area (TPSA) is 20.3 Å². The van der Waals surface area contributed by atoms with Crippen LogP contribution in [0.4, 0.5) is 26.3 Å². The van der Waals surface area contributed by atoms with Crippen LogP contribution in [0.2, 0.25) is 0 Å². The van der Waals surface area contributed by atoms with Gasteiger partial charge in [0.05, 0.1) is 17.2 Å². The molecule has 2 aromatic rings. The van der Waals surface area contributed by atoms with E-state index in [1.165, 1.54) is 32.1 Å². The molecule has 0 bridgehead atoms. The lowest BCUT2D eigenvalue weighted by molar-refractivity contribution is -0.143. The Morgan fingerprint density at radius 1 is 0.900 bits per heavy atom. The van der Waals surface area contributed by atoms with Crippen LogP contribution >= 0.6 is 0 Å². The van der Waals surface area contributed by atoms with E-state index in [4.69, 9.17) is 0 Å². The number of halogens is 6. The number of ketones is 1. The average molecular weight is 570 g/mol. The molecule has 0 spiro atoms. The molecule has 0 aliphatic heterocycles. The summed E-state index contributed by atoms with van der Waals surface area (Å²) in [4.78, 5) is 15.9. The van der Waals surface area contributed by atoms with Crippen molar-refractivity contribution >= 4 is 5.78 Å². The van der Waals surface area contributed by atoms with Gasteiger partial charge >= 0.3 is 12.4 Å². The summed E-state index contributed by atoms with van der Waals surface area (Å²) in [6.07, 6.45) is -0.205. The molecule has 222 valence electrons. The molecule has 1 saturated carbocycles. The molecule has 1 aliphatic rings. The van der Waals surface area contributed by atoms with E-state index in [0.29, 0.717) is 0 Å². The van der Waals surface area contributed by atoms with E-state index in [1.54, 1.807) is 0 Å². The monoisotopic (exact) mass is 569 g/mol. The molecule has 2 aromatic carbocycles. The van der Waals surface area contributed by atoms with Gasteiger partial charge in [-0.3, -0.25) is 9.69 Å². The predicted molar refractivity (Wildman–Crippen MR) is 146 cm³/mol. The Morgan fingerprint density at radius 2 is 1.52 bits per heavy atom. The van der Waals surface area contributed by atoms with Gasteiger partial charge in [-0.2, -0.15) is 26.3 Å². The molecule has 1 atom stereocenters. The van der Waals surface area contributed by atoms with Crippen molar-refractivity contribution in [1.82, 2.24) is 4.90 Å². The van der Waals surface area contributed by atoms with Crippen molar-refractivity contribution in [3.05, 3.63) is 70.3 Å². The van der Waals surface area contributed by atoms with E-state index in [0.717, 1.165) is 61.5 Å². The Morgan fingerprint density at radius 3 is 2.10 bits per heavy atom. The van der Waals surface area contributed by atoms with Crippen LogP contribution in [-0.4, -0.2) is 23.8 Å². The van der Waals surface area contributed by atoms with E-state index in [1.807, 2.05) is 31.2 Å². The van der Waals surface area contributed by atoms with Gasteiger partial charge in [-0.05, 0) is 92.9 Å². The lowest BCUT2D eigenvalue weighted by atomic mass is 9.86. The molecule has 8 heteroatoms. The molecule has 1 unspecified atom stereocenters. The lowest BCUT2D eigenvalue weighted by Crippen LogP contribution is -2.36. The molecule has 3 rings (SSSR count). The predicted octanol–water partition coefficient (Wildman–Crippen LogP) is 9.74. The first kappa shape index (κ1) is 32.2. The number of rotatable bonds is 13. The smallest absolute Gasteiger partial charge is 0.298 e. The Hall–Kier alpha value is -2.35. The molecule has 0 aromatic heterocycles. The molecule has 40 heavy (non-hydrogen) atoms. The highest BCUT2D eigenvalue weighted by molar-refractivity contribution is 5.85. The number of nitrogens with zero attached hydrogens (tertiary/aromatic N) is 1. The van der Waals surface area contributed by atoms with Gasteiger partial charge in [0.15, 0.2) is 5.78 Å². The fraction of sp³-hybridized carbons (Fsp3) is 0.594. The normalized spacial score (nSPS) is 15.9. The number of carbonyl (C=O) groups excluding carboxylic acids is 1. The van der Waals surface area contributed by atoms with E-state index < -0.39 is 29.5 Å². The Bertz CT molecular complexity index is 1060. The highest BCUT2D eigenvalue weighted by Gasteiger charge is 2.37. The van der Waals surface area contributed by atoms with Crippen molar-refractivity contribution in [2.45, 2.75) is 103 Å². The minimum atomic E-state index is -4.89. The largest absolute Gasteiger partial charge is 0.416 e. The number of carbonyl (C=O) groups is 1. The summed E-state index contributed by atoms with van der Waals surface area (Å²) < 4.78 is 79.6. The third-order valence-electron chi connectivity index (χ3n) is 7.98. The number of alkyl halides is 6. The maximum atomic E-state index is 13.7. The average Bonchev–Trinajstić information content (AvgIpc) is 2.89. The van der Waals surface area contributed by atoms with Crippen molar-refractivity contribution in [2.75, 3.05) is 13.1 Å². The fourth-order valence-corrected chi connectivity index (χ4v) is 5.95. The highest BCUT2D eigenvalue weighted by Crippen LogP contribution is 2.37. The van der Waals surface area contributed by atoms with Gasteiger partial charge in [0.25, 0.3) is 0 Å². The van der Waals surface area contributed by atoms with Gasteiger partial charge in [0, 0.05) is 6.42 Å². The second-order valence-electron chi connectivity index (χ2n) is 11.2. The van der Waals surface area contributed by atoms with Gasteiger partial charge < -0.3 is 0 Å². The third-order valence-corrected chi connectivity index (χ3v) is 7.98. The summed E-state index contributed by atoms with van der Waals surface area (Å²) in [5.41, 5.74) is -0.818. The van der Waals surface area contributed by atoms with Crippen LogP contribution in [0.3, 0.4) is 0 Å². The molecule has 1 aliphatic carbocycles. The zero-order valence-electron chi connectivity index (χ0n) is 23.5. The molecule has 0 saturated heterocycles. The van der Waals surface area contributed by atoms with E-state index in [9.17, 15) is 31.1 Å². The quantitative estimate of drug-likeness (QED) is 0.224. The summed E-state index contributed by atoms with van der Waals surface area (Å²) in [7, 11) is 0. The molecule has 1 fully saturated rings. The van der Waals surface area contributed by atoms with Crippen molar-refractivity contribution < 1.29 is 31.1 Å². The highest BCUT2D eigenvalue weighted by atomic mass is 19.4. The molecule has 0 N–H and O–H groups in total.